The molecule has 0 aromatic heterocycles. The lowest BCUT2D eigenvalue weighted by molar-refractivity contribution is 0.191. The van der Waals surface area contributed by atoms with Crippen LogP contribution in [0.3, 0.4) is 0 Å². The fraction of sp³-hybridized carbons (Fsp3) is 0.214. The second-order valence-corrected chi connectivity index (χ2v) is 4.35. The van der Waals surface area contributed by atoms with Gasteiger partial charge in [-0.3, -0.25) is 5.41 Å². The number of nitrogens with one attached hydrogen (secondary N) is 1. The number of benzene rings is 2. The van der Waals surface area contributed by atoms with Crippen LogP contribution in [0.25, 0.3) is 10.8 Å². The van der Waals surface area contributed by atoms with Gasteiger partial charge in [0.15, 0.2) is 6.10 Å². The number of rotatable bonds is 3. The Morgan fingerprint density at radius 1 is 1.39 bits per heavy atom. The summed E-state index contributed by atoms with van der Waals surface area (Å²) < 4.78 is 5.04. The Morgan fingerprint density at radius 3 is 2.89 bits per heavy atom. The van der Waals surface area contributed by atoms with E-state index < -0.39 is 6.10 Å². The van der Waals surface area contributed by atoms with Crippen molar-refractivity contribution in [2.24, 2.45) is 0 Å². The molecule has 2 aromatic rings. The molecular formula is C14H14ClNO2. The predicted octanol–water partition coefficient (Wildman–Crippen LogP) is 3.54. The summed E-state index contributed by atoms with van der Waals surface area (Å²) in [5.74, 6) is -0.148. The third kappa shape index (κ3) is 2.47. The van der Waals surface area contributed by atoms with Crippen molar-refractivity contribution in [2.45, 2.75) is 13.0 Å². The molecular weight excluding hydrogens is 250 g/mol. The summed E-state index contributed by atoms with van der Waals surface area (Å²) in [5, 5.41) is 20.2. The van der Waals surface area contributed by atoms with Crippen LogP contribution in [0.5, 0.6) is 0 Å². The molecule has 0 aliphatic heterocycles. The molecule has 0 amide bonds. The molecule has 2 N–H and O–H groups in total. The van der Waals surface area contributed by atoms with Gasteiger partial charge in [0.05, 0.1) is 6.61 Å². The summed E-state index contributed by atoms with van der Waals surface area (Å²) in [6, 6.07) is 11.0. The van der Waals surface area contributed by atoms with Crippen LogP contribution in [0.15, 0.2) is 36.4 Å². The van der Waals surface area contributed by atoms with Crippen LogP contribution >= 0.6 is 11.6 Å². The highest BCUT2D eigenvalue weighted by molar-refractivity contribution is 6.31. The van der Waals surface area contributed by atoms with Crippen molar-refractivity contribution in [3.8, 4) is 0 Å². The second kappa shape index (κ2) is 5.38. The first-order valence-electron chi connectivity index (χ1n) is 5.71. The van der Waals surface area contributed by atoms with E-state index in [0.717, 1.165) is 10.8 Å². The van der Waals surface area contributed by atoms with E-state index in [2.05, 4.69) is 0 Å². The van der Waals surface area contributed by atoms with Crippen molar-refractivity contribution >= 4 is 28.3 Å². The summed E-state index contributed by atoms with van der Waals surface area (Å²) in [6.07, 6.45) is -1.06. The van der Waals surface area contributed by atoms with Crippen molar-refractivity contribution in [3.63, 3.8) is 0 Å². The fourth-order valence-electron chi connectivity index (χ4n) is 1.88. The maximum atomic E-state index is 10.1. The zero-order chi connectivity index (χ0) is 13.1. The van der Waals surface area contributed by atoms with Crippen molar-refractivity contribution < 1.29 is 9.84 Å². The minimum atomic E-state index is -1.06. The molecule has 0 radical (unpaired) electrons. The molecule has 18 heavy (non-hydrogen) atoms. The average Bonchev–Trinajstić information content (AvgIpc) is 2.37. The van der Waals surface area contributed by atoms with Crippen LogP contribution in [0.1, 0.15) is 18.6 Å². The molecule has 94 valence electrons. The molecule has 0 saturated heterocycles. The number of halogens is 1. The van der Waals surface area contributed by atoms with Crippen molar-refractivity contribution in [1.29, 1.82) is 5.41 Å². The van der Waals surface area contributed by atoms with Gasteiger partial charge < -0.3 is 9.84 Å². The zero-order valence-corrected chi connectivity index (χ0v) is 10.7. The third-order valence-electron chi connectivity index (χ3n) is 2.72. The van der Waals surface area contributed by atoms with E-state index in [9.17, 15) is 5.11 Å². The number of hydrogen-bond acceptors (Lipinski definition) is 3. The van der Waals surface area contributed by atoms with E-state index in [1.165, 1.54) is 0 Å². The Hall–Kier alpha value is -1.58. The van der Waals surface area contributed by atoms with Crippen LogP contribution in [-0.4, -0.2) is 17.6 Å². The van der Waals surface area contributed by atoms with E-state index in [-0.39, 0.29) is 5.90 Å². The summed E-state index contributed by atoms with van der Waals surface area (Å²) in [7, 11) is 0. The first kappa shape index (κ1) is 12.9. The maximum Gasteiger partial charge on any atom is 0.214 e. The summed E-state index contributed by atoms with van der Waals surface area (Å²) >= 11 is 5.97. The van der Waals surface area contributed by atoms with Crippen LogP contribution in [0.4, 0.5) is 0 Å². The van der Waals surface area contributed by atoms with E-state index in [0.29, 0.717) is 17.2 Å². The van der Waals surface area contributed by atoms with E-state index in [1.54, 1.807) is 25.1 Å². The van der Waals surface area contributed by atoms with Crippen LogP contribution in [0.2, 0.25) is 5.02 Å². The average molecular weight is 264 g/mol. The van der Waals surface area contributed by atoms with Crippen molar-refractivity contribution in [3.05, 3.63) is 47.0 Å². The Labute approximate surface area is 110 Å². The van der Waals surface area contributed by atoms with Gasteiger partial charge >= 0.3 is 0 Å². The second-order valence-electron chi connectivity index (χ2n) is 3.91. The Balaban J connectivity index is 2.50. The molecule has 1 unspecified atom stereocenters. The number of aliphatic hydroxyl groups is 1. The van der Waals surface area contributed by atoms with Crippen LogP contribution in [0, 0.1) is 5.41 Å². The molecule has 1 atom stereocenters. The molecule has 0 spiro atoms. The molecule has 0 saturated carbocycles. The number of fused-ring (bicyclic) bond motifs is 1. The van der Waals surface area contributed by atoms with Crippen LogP contribution < -0.4 is 0 Å². The van der Waals surface area contributed by atoms with Gasteiger partial charge in [-0.25, -0.2) is 0 Å². The van der Waals surface area contributed by atoms with Gasteiger partial charge in [0, 0.05) is 5.02 Å². The molecule has 0 fully saturated rings. The number of hydrogen-bond donors (Lipinski definition) is 2. The summed E-state index contributed by atoms with van der Waals surface area (Å²) in [6.45, 7) is 2.14. The molecule has 0 aliphatic rings. The normalized spacial score (nSPS) is 12.4. The molecule has 2 rings (SSSR count). The largest absolute Gasteiger partial charge is 0.479 e. The molecule has 2 aromatic carbocycles. The summed E-state index contributed by atoms with van der Waals surface area (Å²) in [4.78, 5) is 0. The molecule has 0 aliphatic carbocycles. The van der Waals surface area contributed by atoms with Crippen LogP contribution in [-0.2, 0) is 4.74 Å². The predicted molar refractivity (Wildman–Crippen MR) is 73.3 cm³/mol. The van der Waals surface area contributed by atoms with Gasteiger partial charge in [0.2, 0.25) is 5.90 Å². The van der Waals surface area contributed by atoms with Crippen molar-refractivity contribution in [1.82, 2.24) is 0 Å². The smallest absolute Gasteiger partial charge is 0.214 e. The SMILES string of the molecule is CCOC(=N)C(O)c1cccc2ccc(Cl)cc12. The topological polar surface area (TPSA) is 53.3 Å². The maximum absolute atomic E-state index is 10.1. The lowest BCUT2D eigenvalue weighted by Crippen LogP contribution is -2.14. The standard InChI is InChI=1S/C14H14ClNO2/c1-2-18-14(16)13(17)11-5-3-4-9-6-7-10(15)8-12(9)11/h3-8,13,16-17H,2H2,1H3. The van der Waals surface area contributed by atoms with E-state index >= 15 is 0 Å². The fourth-order valence-corrected chi connectivity index (χ4v) is 2.06. The highest BCUT2D eigenvalue weighted by Crippen LogP contribution is 2.27. The van der Waals surface area contributed by atoms with E-state index in [4.69, 9.17) is 21.7 Å². The zero-order valence-electron chi connectivity index (χ0n) is 9.98. The summed E-state index contributed by atoms with van der Waals surface area (Å²) in [5.41, 5.74) is 0.633. The molecule has 4 heteroatoms. The van der Waals surface area contributed by atoms with Gasteiger partial charge in [-0.1, -0.05) is 35.9 Å². The monoisotopic (exact) mass is 263 g/mol. The van der Waals surface area contributed by atoms with E-state index in [1.807, 2.05) is 18.2 Å². The van der Waals surface area contributed by atoms with Gasteiger partial charge in [-0.05, 0) is 35.4 Å². The highest BCUT2D eigenvalue weighted by Gasteiger charge is 2.17. The first-order chi connectivity index (χ1) is 8.63. The molecule has 0 bridgehead atoms. The van der Waals surface area contributed by atoms with Crippen molar-refractivity contribution in [2.75, 3.05) is 6.61 Å². The third-order valence-corrected chi connectivity index (χ3v) is 2.96. The quantitative estimate of drug-likeness (QED) is 0.657. The lowest BCUT2D eigenvalue weighted by Gasteiger charge is -2.15. The molecule has 0 heterocycles. The minimum absolute atomic E-state index is 0.148. The number of ether oxygens (including phenoxy) is 1. The number of aliphatic hydroxyl groups excluding tert-OH is 1. The Bertz CT molecular complexity index is 583. The van der Waals surface area contributed by atoms with Gasteiger partial charge in [-0.15, -0.1) is 0 Å². The van der Waals surface area contributed by atoms with Gasteiger partial charge in [-0.2, -0.15) is 0 Å². The minimum Gasteiger partial charge on any atom is -0.479 e. The Morgan fingerprint density at radius 2 is 2.17 bits per heavy atom. The molecule has 3 nitrogen and oxygen atoms in total. The van der Waals surface area contributed by atoms with Gasteiger partial charge in [0.1, 0.15) is 0 Å². The first-order valence-corrected chi connectivity index (χ1v) is 6.08. The highest BCUT2D eigenvalue weighted by atomic mass is 35.5. The lowest BCUT2D eigenvalue weighted by atomic mass is 10.0. The Kier molecular flexibility index (Phi) is 3.84. The van der Waals surface area contributed by atoms with Gasteiger partial charge in [0.25, 0.3) is 0 Å².